The number of amides is 2. The van der Waals surface area contributed by atoms with E-state index in [2.05, 4.69) is 5.32 Å². The zero-order valence-electron chi connectivity index (χ0n) is 22.3. The highest BCUT2D eigenvalue weighted by Gasteiger charge is 2.40. The molecule has 0 aromatic heterocycles. The Labute approximate surface area is 232 Å². The molecule has 0 bridgehead atoms. The van der Waals surface area contributed by atoms with Gasteiger partial charge in [-0.15, -0.1) is 0 Å². The quantitative estimate of drug-likeness (QED) is 0.457. The van der Waals surface area contributed by atoms with Crippen molar-refractivity contribution in [1.29, 1.82) is 0 Å². The lowest BCUT2D eigenvalue weighted by atomic mass is 9.94. The van der Waals surface area contributed by atoms with E-state index in [-0.39, 0.29) is 25.3 Å². The lowest BCUT2D eigenvalue weighted by molar-refractivity contribution is -0.132. The van der Waals surface area contributed by atoms with E-state index >= 15 is 0 Å². The number of methoxy groups -OCH3 is 1. The molecule has 1 aliphatic carbocycles. The van der Waals surface area contributed by atoms with Gasteiger partial charge in [-0.1, -0.05) is 43.5 Å². The maximum absolute atomic E-state index is 14.4. The standard InChI is InChI=1S/C31H32N2O7/c1-36-23-14-11-20(12-15-23)29(30(34)32-21-7-3-2-4-8-21)33(22-13-16-25-27(17-22)39-19-38-25)31(35)28-18-37-24-9-5-6-10-26(24)40-28/h5-6,9-17,21,28-29H,2-4,7-8,18-19H2,1H3,(H,32,34). The first-order chi connectivity index (χ1) is 19.6. The summed E-state index contributed by atoms with van der Waals surface area (Å²) in [5.74, 6) is 2.11. The highest BCUT2D eigenvalue weighted by molar-refractivity contribution is 6.04. The van der Waals surface area contributed by atoms with Crippen LogP contribution in [0.4, 0.5) is 5.69 Å². The number of anilines is 1. The summed E-state index contributed by atoms with van der Waals surface area (Å²) in [5.41, 5.74) is 1.12. The van der Waals surface area contributed by atoms with Gasteiger partial charge in [0, 0.05) is 17.8 Å². The van der Waals surface area contributed by atoms with Crippen molar-refractivity contribution in [3.8, 4) is 28.7 Å². The van der Waals surface area contributed by atoms with Crippen LogP contribution in [0.1, 0.15) is 43.7 Å². The van der Waals surface area contributed by atoms with Gasteiger partial charge in [-0.05, 0) is 54.8 Å². The van der Waals surface area contributed by atoms with Crippen molar-refractivity contribution < 1.29 is 33.3 Å². The monoisotopic (exact) mass is 544 g/mol. The van der Waals surface area contributed by atoms with Gasteiger partial charge < -0.3 is 29.0 Å². The molecule has 208 valence electrons. The van der Waals surface area contributed by atoms with Crippen LogP contribution in [-0.4, -0.2) is 44.5 Å². The summed E-state index contributed by atoms with van der Waals surface area (Å²) in [6, 6.07) is 18.7. The molecular weight excluding hydrogens is 512 g/mol. The van der Waals surface area contributed by atoms with E-state index in [4.69, 9.17) is 23.7 Å². The first-order valence-corrected chi connectivity index (χ1v) is 13.7. The summed E-state index contributed by atoms with van der Waals surface area (Å²) < 4.78 is 28.5. The molecular formula is C31H32N2O7. The highest BCUT2D eigenvalue weighted by atomic mass is 16.7. The maximum Gasteiger partial charge on any atom is 0.272 e. The first kappa shape index (κ1) is 25.9. The number of ether oxygens (including phenoxy) is 5. The van der Waals surface area contributed by atoms with Gasteiger partial charge in [0.05, 0.1) is 7.11 Å². The summed E-state index contributed by atoms with van der Waals surface area (Å²) >= 11 is 0. The normalized spacial score (nSPS) is 18.5. The van der Waals surface area contributed by atoms with Gasteiger partial charge in [0.1, 0.15) is 18.4 Å². The summed E-state index contributed by atoms with van der Waals surface area (Å²) in [7, 11) is 1.59. The third-order valence-corrected chi connectivity index (χ3v) is 7.55. The second kappa shape index (κ2) is 11.4. The minimum absolute atomic E-state index is 0.0104. The summed E-state index contributed by atoms with van der Waals surface area (Å²) in [6.45, 7) is 0.101. The number of rotatable bonds is 7. The Kier molecular flexibility index (Phi) is 7.35. The van der Waals surface area contributed by atoms with Crippen molar-refractivity contribution >= 4 is 17.5 Å². The largest absolute Gasteiger partial charge is 0.497 e. The van der Waals surface area contributed by atoms with E-state index in [9.17, 15) is 9.59 Å². The molecule has 3 aromatic carbocycles. The van der Waals surface area contributed by atoms with Gasteiger partial charge in [-0.25, -0.2) is 0 Å². The molecule has 1 N–H and O–H groups in total. The van der Waals surface area contributed by atoms with E-state index in [0.29, 0.717) is 40.0 Å². The van der Waals surface area contributed by atoms with Crippen LogP contribution < -0.4 is 33.9 Å². The zero-order chi connectivity index (χ0) is 27.5. The fraction of sp³-hybridized carbons (Fsp3) is 0.355. The van der Waals surface area contributed by atoms with Crippen molar-refractivity contribution in [1.82, 2.24) is 5.32 Å². The van der Waals surface area contributed by atoms with Crippen LogP contribution in [0, 0.1) is 0 Å². The predicted molar refractivity (Wildman–Crippen MR) is 147 cm³/mol. The van der Waals surface area contributed by atoms with Crippen molar-refractivity contribution in [3.05, 3.63) is 72.3 Å². The SMILES string of the molecule is COc1ccc(C(C(=O)NC2CCCCC2)N(C(=O)C2COc3ccccc3O2)c2ccc3c(c2)OCO3)cc1. The van der Waals surface area contributed by atoms with Crippen LogP contribution >= 0.6 is 0 Å². The smallest absolute Gasteiger partial charge is 0.272 e. The fourth-order valence-electron chi connectivity index (χ4n) is 5.47. The molecule has 2 amide bonds. The first-order valence-electron chi connectivity index (χ1n) is 13.7. The Morgan fingerprint density at radius 2 is 1.60 bits per heavy atom. The number of carbonyl (C=O) groups is 2. The number of benzene rings is 3. The fourth-order valence-corrected chi connectivity index (χ4v) is 5.47. The van der Waals surface area contributed by atoms with E-state index in [1.54, 1.807) is 49.6 Å². The van der Waals surface area contributed by atoms with Gasteiger partial charge in [0.25, 0.3) is 5.91 Å². The third-order valence-electron chi connectivity index (χ3n) is 7.55. The number of nitrogens with one attached hydrogen (secondary N) is 1. The number of fused-ring (bicyclic) bond motifs is 2. The highest BCUT2D eigenvalue weighted by Crippen LogP contribution is 2.40. The average molecular weight is 545 g/mol. The van der Waals surface area contributed by atoms with Gasteiger partial charge in [-0.2, -0.15) is 0 Å². The average Bonchev–Trinajstić information content (AvgIpc) is 3.48. The molecule has 1 fully saturated rings. The Hall–Kier alpha value is -4.40. The second-order valence-electron chi connectivity index (χ2n) is 10.1. The molecule has 2 unspecified atom stereocenters. The molecule has 1 saturated carbocycles. The number of hydrogen-bond donors (Lipinski definition) is 1. The molecule has 6 rings (SSSR count). The molecule has 9 heteroatoms. The zero-order valence-corrected chi connectivity index (χ0v) is 22.3. The molecule has 0 radical (unpaired) electrons. The topological polar surface area (TPSA) is 95.6 Å². The number of carbonyl (C=O) groups excluding carboxylic acids is 2. The van der Waals surface area contributed by atoms with Crippen molar-refractivity contribution in [2.75, 3.05) is 25.4 Å². The predicted octanol–water partition coefficient (Wildman–Crippen LogP) is 4.79. The van der Waals surface area contributed by atoms with Gasteiger partial charge in [0.2, 0.25) is 18.8 Å². The Morgan fingerprint density at radius 1 is 0.875 bits per heavy atom. The minimum Gasteiger partial charge on any atom is -0.497 e. The molecule has 3 aromatic rings. The molecule has 3 aliphatic rings. The molecule has 2 aliphatic heterocycles. The maximum atomic E-state index is 14.4. The number of para-hydroxylation sites is 2. The van der Waals surface area contributed by atoms with Crippen molar-refractivity contribution in [3.63, 3.8) is 0 Å². The Balaban J connectivity index is 1.41. The van der Waals surface area contributed by atoms with E-state index < -0.39 is 18.1 Å². The summed E-state index contributed by atoms with van der Waals surface area (Å²) in [5, 5.41) is 3.23. The molecule has 9 nitrogen and oxygen atoms in total. The lowest BCUT2D eigenvalue weighted by Gasteiger charge is -2.36. The third kappa shape index (κ3) is 5.23. The van der Waals surface area contributed by atoms with Gasteiger partial charge >= 0.3 is 0 Å². The van der Waals surface area contributed by atoms with Crippen LogP contribution in [0.25, 0.3) is 0 Å². The Bertz CT molecular complexity index is 1370. The van der Waals surface area contributed by atoms with E-state index in [1.807, 2.05) is 24.3 Å². The van der Waals surface area contributed by atoms with E-state index in [0.717, 1.165) is 32.1 Å². The molecule has 2 atom stereocenters. The second-order valence-corrected chi connectivity index (χ2v) is 10.1. The van der Waals surface area contributed by atoms with E-state index in [1.165, 1.54) is 4.90 Å². The van der Waals surface area contributed by atoms with Gasteiger partial charge in [-0.3, -0.25) is 14.5 Å². The van der Waals surface area contributed by atoms with Crippen LogP contribution in [0.5, 0.6) is 28.7 Å². The summed E-state index contributed by atoms with van der Waals surface area (Å²) in [6.07, 6.45) is 4.15. The number of nitrogens with zero attached hydrogens (tertiary/aromatic N) is 1. The lowest BCUT2D eigenvalue weighted by Crippen LogP contribution is -2.52. The molecule has 0 spiro atoms. The molecule has 0 saturated heterocycles. The van der Waals surface area contributed by atoms with Crippen LogP contribution in [0.2, 0.25) is 0 Å². The van der Waals surface area contributed by atoms with Crippen LogP contribution in [-0.2, 0) is 9.59 Å². The Morgan fingerprint density at radius 3 is 2.38 bits per heavy atom. The van der Waals surface area contributed by atoms with Crippen LogP contribution in [0.15, 0.2) is 66.7 Å². The molecule has 2 heterocycles. The van der Waals surface area contributed by atoms with Gasteiger partial charge in [0.15, 0.2) is 23.0 Å². The van der Waals surface area contributed by atoms with Crippen molar-refractivity contribution in [2.45, 2.75) is 50.3 Å². The molecule has 40 heavy (non-hydrogen) atoms. The van der Waals surface area contributed by atoms with Crippen molar-refractivity contribution in [2.24, 2.45) is 0 Å². The summed E-state index contributed by atoms with van der Waals surface area (Å²) in [4.78, 5) is 30.0. The number of hydrogen-bond acceptors (Lipinski definition) is 7. The minimum atomic E-state index is -0.985. The van der Waals surface area contributed by atoms with Crippen LogP contribution in [0.3, 0.4) is 0 Å².